The zero-order valence-corrected chi connectivity index (χ0v) is 5.25. The Morgan fingerprint density at radius 2 is 2.44 bits per heavy atom. The van der Waals surface area contributed by atoms with E-state index in [1.54, 1.807) is 0 Å². The molecule has 0 aliphatic carbocycles. The van der Waals surface area contributed by atoms with Crippen LogP contribution < -0.4 is 0 Å². The van der Waals surface area contributed by atoms with Gasteiger partial charge in [-0.3, -0.25) is 0 Å². The fourth-order valence-electron chi connectivity index (χ4n) is 0.564. The molecule has 2 aliphatic heterocycles. The predicted octanol–water partition coefficient (Wildman–Crippen LogP) is 1.15. The molecule has 0 bridgehead atoms. The molecule has 2 aliphatic rings. The highest BCUT2D eigenvalue weighted by Gasteiger charge is 2.05. The summed E-state index contributed by atoms with van der Waals surface area (Å²) in [6, 6.07) is 0. The van der Waals surface area contributed by atoms with Gasteiger partial charge >= 0.3 is 0 Å². The van der Waals surface area contributed by atoms with Crippen molar-refractivity contribution in [3.8, 4) is 11.6 Å². The van der Waals surface area contributed by atoms with Gasteiger partial charge in [-0.2, -0.15) is 4.98 Å². The zero-order valence-electron chi connectivity index (χ0n) is 4.35. The highest BCUT2D eigenvalue weighted by Crippen LogP contribution is 2.16. The number of fused-ring (bicyclic) bond motifs is 1. The molecule has 0 fully saturated rings. The van der Waals surface area contributed by atoms with Crippen LogP contribution in [0, 0.1) is 0 Å². The molecule has 44 valence electrons. The number of rotatable bonds is 0. The Morgan fingerprint density at radius 1 is 1.44 bits per heavy atom. The molecule has 4 nitrogen and oxygen atoms in total. The molecular weight excluding hydrogens is 137 g/mol. The van der Waals surface area contributed by atoms with Gasteiger partial charge in [-0.25, -0.2) is 4.98 Å². The maximum atomic E-state index is 4.77. The maximum Gasteiger partial charge on any atom is 0.276 e. The van der Waals surface area contributed by atoms with Crippen molar-refractivity contribution in [2.45, 2.75) is 0 Å². The molecule has 0 unspecified atom stereocenters. The van der Waals surface area contributed by atoms with Crippen LogP contribution in [0.2, 0.25) is 0 Å². The van der Waals surface area contributed by atoms with Crippen molar-refractivity contribution >= 4 is 8.35 Å². The SMILES string of the molecule is c1nc2cpnoc-2n1. The van der Waals surface area contributed by atoms with Gasteiger partial charge in [-0.1, -0.05) is 4.92 Å². The van der Waals surface area contributed by atoms with Gasteiger partial charge in [0.05, 0.1) is 8.35 Å². The summed E-state index contributed by atoms with van der Waals surface area (Å²) in [6.45, 7) is 0. The molecular formula is C4H2N3OP. The van der Waals surface area contributed by atoms with Crippen LogP contribution in [-0.4, -0.2) is 14.9 Å². The van der Waals surface area contributed by atoms with E-state index in [1.165, 1.54) is 6.33 Å². The summed E-state index contributed by atoms with van der Waals surface area (Å²) >= 11 is 0. The number of imidazole rings is 1. The van der Waals surface area contributed by atoms with Gasteiger partial charge in [0, 0.05) is 5.80 Å². The lowest BCUT2D eigenvalue weighted by molar-refractivity contribution is 0.432. The van der Waals surface area contributed by atoms with Crippen molar-refractivity contribution in [1.82, 2.24) is 14.9 Å². The van der Waals surface area contributed by atoms with Gasteiger partial charge in [0.15, 0.2) is 0 Å². The summed E-state index contributed by atoms with van der Waals surface area (Å²) in [6.07, 6.45) is 1.46. The highest BCUT2D eigenvalue weighted by atomic mass is 31.0. The van der Waals surface area contributed by atoms with Crippen LogP contribution in [0.1, 0.15) is 0 Å². The second-order valence-electron chi connectivity index (χ2n) is 1.48. The molecule has 0 aromatic rings. The van der Waals surface area contributed by atoms with E-state index in [0.717, 1.165) is 14.0 Å². The zero-order chi connectivity index (χ0) is 6.10. The highest BCUT2D eigenvalue weighted by molar-refractivity contribution is 7.24. The minimum absolute atomic E-state index is 0.508. The Bertz CT molecular complexity index is 256. The minimum atomic E-state index is 0.508. The maximum absolute atomic E-state index is 4.77. The summed E-state index contributed by atoms with van der Waals surface area (Å²) in [5, 5.41) is 0. The third kappa shape index (κ3) is 0.678. The molecule has 0 amide bonds. The largest absolute Gasteiger partial charge is 0.330 e. The van der Waals surface area contributed by atoms with Crippen LogP contribution in [0.4, 0.5) is 0 Å². The molecule has 0 radical (unpaired) electrons. The van der Waals surface area contributed by atoms with E-state index in [1.807, 2.05) is 5.80 Å². The average Bonchev–Trinajstić information content (AvgIpc) is 2.33. The number of hydrogen-bond donors (Lipinski definition) is 0. The van der Waals surface area contributed by atoms with E-state index in [4.69, 9.17) is 4.52 Å². The fourth-order valence-corrected chi connectivity index (χ4v) is 1.02. The first-order chi connectivity index (χ1) is 4.47. The number of aromatic nitrogens is 3. The Morgan fingerprint density at radius 3 is 3.33 bits per heavy atom. The van der Waals surface area contributed by atoms with Crippen molar-refractivity contribution in [3.05, 3.63) is 12.1 Å². The van der Waals surface area contributed by atoms with Crippen molar-refractivity contribution < 1.29 is 4.52 Å². The van der Waals surface area contributed by atoms with Gasteiger partial charge in [0.1, 0.15) is 12.0 Å². The van der Waals surface area contributed by atoms with Gasteiger partial charge < -0.3 is 4.52 Å². The summed E-state index contributed by atoms with van der Waals surface area (Å²) < 4.78 is 4.77. The minimum Gasteiger partial charge on any atom is -0.330 e. The second kappa shape index (κ2) is 1.74. The molecule has 0 aromatic carbocycles. The van der Waals surface area contributed by atoms with Crippen molar-refractivity contribution in [2.24, 2.45) is 0 Å². The summed E-state index contributed by atoms with van der Waals surface area (Å²) in [7, 11) is 0.789. The lowest BCUT2D eigenvalue weighted by Crippen LogP contribution is -1.73. The predicted molar refractivity (Wildman–Crippen MR) is 31.2 cm³/mol. The number of hydrogen-bond acceptors (Lipinski definition) is 4. The van der Waals surface area contributed by atoms with Crippen LogP contribution >= 0.6 is 8.35 Å². The topological polar surface area (TPSA) is 51.8 Å². The third-order valence-corrected chi connectivity index (χ3v) is 1.48. The van der Waals surface area contributed by atoms with Crippen LogP contribution in [-0.2, 0) is 0 Å². The summed E-state index contributed by atoms with van der Waals surface area (Å²) in [4.78, 5) is 11.3. The molecule has 9 heavy (non-hydrogen) atoms. The molecule has 0 spiro atoms. The van der Waals surface area contributed by atoms with Gasteiger partial charge in [0.25, 0.3) is 5.89 Å². The summed E-state index contributed by atoms with van der Waals surface area (Å²) in [5.74, 6) is 2.35. The van der Waals surface area contributed by atoms with Gasteiger partial charge in [-0.15, -0.1) is 0 Å². The van der Waals surface area contributed by atoms with E-state index >= 15 is 0 Å². The van der Waals surface area contributed by atoms with Crippen molar-refractivity contribution in [3.63, 3.8) is 0 Å². The van der Waals surface area contributed by atoms with E-state index in [9.17, 15) is 0 Å². The van der Waals surface area contributed by atoms with E-state index in [0.29, 0.717) is 5.89 Å². The van der Waals surface area contributed by atoms with Crippen LogP contribution in [0.25, 0.3) is 11.6 Å². The fraction of sp³-hybridized carbons (Fsp3) is 0. The first-order valence-corrected chi connectivity index (χ1v) is 3.26. The molecule has 5 heteroatoms. The Hall–Kier alpha value is -1.02. The first-order valence-electron chi connectivity index (χ1n) is 2.35. The average molecular weight is 139 g/mol. The van der Waals surface area contributed by atoms with Crippen LogP contribution in [0.3, 0.4) is 0 Å². The molecule has 0 saturated carbocycles. The lowest BCUT2D eigenvalue weighted by atomic mass is 10.5. The second-order valence-corrected chi connectivity index (χ2v) is 2.13. The quantitative estimate of drug-likeness (QED) is 0.549. The van der Waals surface area contributed by atoms with Gasteiger partial charge in [-0.05, 0) is 0 Å². The van der Waals surface area contributed by atoms with Gasteiger partial charge in [0.2, 0.25) is 0 Å². The molecule has 0 atom stereocenters. The Kier molecular flexibility index (Phi) is 0.932. The van der Waals surface area contributed by atoms with Crippen LogP contribution in [0.5, 0.6) is 0 Å². The van der Waals surface area contributed by atoms with Crippen LogP contribution in [0.15, 0.2) is 16.6 Å². The van der Waals surface area contributed by atoms with E-state index < -0.39 is 0 Å². The normalized spacial score (nSPS) is 11.1. The summed E-state index contributed by atoms with van der Waals surface area (Å²) in [5.41, 5.74) is 0.784. The van der Waals surface area contributed by atoms with Crippen molar-refractivity contribution in [2.75, 3.05) is 0 Å². The molecule has 0 N–H and O–H groups in total. The molecule has 2 heterocycles. The smallest absolute Gasteiger partial charge is 0.276 e. The Balaban J connectivity index is 2.79. The van der Waals surface area contributed by atoms with E-state index in [-0.39, 0.29) is 0 Å². The molecule has 2 rings (SSSR count). The number of nitrogens with zero attached hydrogens (tertiary/aromatic N) is 3. The standard InChI is InChI=1S/C4H2N3OP/c1-3-4(6-2-5-3)8-7-9-1/h1-2H. The molecule has 0 saturated heterocycles. The first kappa shape index (κ1) is 4.82. The van der Waals surface area contributed by atoms with E-state index in [2.05, 4.69) is 14.9 Å². The van der Waals surface area contributed by atoms with Crippen molar-refractivity contribution in [1.29, 1.82) is 0 Å². The monoisotopic (exact) mass is 139 g/mol. The third-order valence-electron chi connectivity index (χ3n) is 0.945. The Labute approximate surface area is 52.4 Å². The molecule has 0 aromatic heterocycles. The lowest BCUT2D eigenvalue weighted by Gasteiger charge is -1.85.